The largest absolute Gasteiger partial charge is 0.314 e. The fourth-order valence-corrected chi connectivity index (χ4v) is 3.53. The maximum absolute atomic E-state index is 4.81. The van der Waals surface area contributed by atoms with Gasteiger partial charge in [-0.3, -0.25) is 0 Å². The molecule has 15 heavy (non-hydrogen) atoms. The van der Waals surface area contributed by atoms with Crippen LogP contribution in [0.5, 0.6) is 0 Å². The number of rotatable bonds is 3. The number of thiazole rings is 1. The Morgan fingerprint density at radius 3 is 2.93 bits per heavy atom. The third kappa shape index (κ3) is 2.08. The Bertz CT molecular complexity index is 349. The molecule has 1 unspecified atom stereocenters. The summed E-state index contributed by atoms with van der Waals surface area (Å²) in [6, 6.07) is 0.697. The van der Waals surface area contributed by atoms with Crippen molar-refractivity contribution in [2.45, 2.75) is 51.0 Å². The van der Waals surface area contributed by atoms with Gasteiger partial charge in [0.1, 0.15) is 0 Å². The predicted octanol–water partition coefficient (Wildman–Crippen LogP) is 2.62. The monoisotopic (exact) mass is 222 g/mol. The molecule has 2 aliphatic rings. The van der Waals surface area contributed by atoms with Crippen LogP contribution in [0.4, 0.5) is 0 Å². The van der Waals surface area contributed by atoms with Crippen molar-refractivity contribution in [3.8, 4) is 0 Å². The normalized spacial score (nSPS) is 26.1. The number of aromatic nitrogens is 1. The first kappa shape index (κ1) is 9.79. The molecule has 1 N–H and O–H groups in total. The first-order valence-corrected chi connectivity index (χ1v) is 6.84. The fourth-order valence-electron chi connectivity index (χ4n) is 2.43. The third-order valence-corrected chi connectivity index (χ3v) is 4.43. The van der Waals surface area contributed by atoms with Gasteiger partial charge in [0.05, 0.1) is 10.7 Å². The maximum atomic E-state index is 4.81. The highest BCUT2D eigenvalue weighted by Gasteiger charge is 2.28. The van der Waals surface area contributed by atoms with Crippen molar-refractivity contribution in [1.82, 2.24) is 10.3 Å². The van der Waals surface area contributed by atoms with Crippen LogP contribution in [0, 0.1) is 6.92 Å². The van der Waals surface area contributed by atoms with E-state index in [1.54, 1.807) is 0 Å². The van der Waals surface area contributed by atoms with E-state index in [0.717, 1.165) is 12.3 Å². The minimum atomic E-state index is 0.697. The summed E-state index contributed by atoms with van der Waals surface area (Å²) in [6.45, 7) is 3.43. The van der Waals surface area contributed by atoms with Crippen molar-refractivity contribution in [1.29, 1.82) is 0 Å². The van der Waals surface area contributed by atoms with Crippen molar-refractivity contribution < 1.29 is 0 Å². The number of aryl methyl sites for hydroxylation is 1. The molecule has 0 bridgehead atoms. The molecule has 82 valence electrons. The highest BCUT2D eigenvalue weighted by Crippen LogP contribution is 2.42. The lowest BCUT2D eigenvalue weighted by Gasteiger charge is -2.06. The molecule has 0 spiro atoms. The Hall–Kier alpha value is -0.410. The van der Waals surface area contributed by atoms with Crippen LogP contribution in [-0.4, -0.2) is 17.6 Å². The van der Waals surface area contributed by atoms with E-state index in [9.17, 15) is 0 Å². The van der Waals surface area contributed by atoms with Crippen molar-refractivity contribution in [2.24, 2.45) is 0 Å². The minimum Gasteiger partial charge on any atom is -0.314 e. The summed E-state index contributed by atoms with van der Waals surface area (Å²) in [6.07, 6.45) is 6.55. The van der Waals surface area contributed by atoms with Gasteiger partial charge in [0.15, 0.2) is 0 Å². The summed E-state index contributed by atoms with van der Waals surface area (Å²) < 4.78 is 0. The molecule has 0 radical (unpaired) electrons. The van der Waals surface area contributed by atoms with Crippen molar-refractivity contribution in [3.63, 3.8) is 0 Å². The molecule has 1 saturated carbocycles. The van der Waals surface area contributed by atoms with Gasteiger partial charge in [-0.05, 0) is 39.2 Å². The Balaban J connectivity index is 1.71. The second kappa shape index (κ2) is 3.87. The van der Waals surface area contributed by atoms with E-state index in [1.807, 2.05) is 11.3 Å². The van der Waals surface area contributed by atoms with Gasteiger partial charge < -0.3 is 5.32 Å². The highest BCUT2D eigenvalue weighted by atomic mass is 32.1. The van der Waals surface area contributed by atoms with Crippen LogP contribution in [0.15, 0.2) is 0 Å². The molecule has 3 heteroatoms. The molecule has 1 aliphatic heterocycles. The Morgan fingerprint density at radius 2 is 2.27 bits per heavy atom. The molecule has 0 aromatic carbocycles. The zero-order chi connectivity index (χ0) is 10.3. The number of nitrogens with one attached hydrogen (secondary N) is 1. The van der Waals surface area contributed by atoms with E-state index in [1.165, 1.54) is 47.8 Å². The lowest BCUT2D eigenvalue weighted by Crippen LogP contribution is -2.23. The van der Waals surface area contributed by atoms with E-state index in [-0.39, 0.29) is 0 Å². The molecule has 0 amide bonds. The molecule has 2 fully saturated rings. The molecule has 1 aromatic heterocycles. The first-order valence-electron chi connectivity index (χ1n) is 6.02. The smallest absolute Gasteiger partial charge is 0.0946 e. The second-order valence-corrected chi connectivity index (χ2v) is 6.11. The van der Waals surface area contributed by atoms with E-state index in [0.29, 0.717) is 6.04 Å². The lowest BCUT2D eigenvalue weighted by molar-refractivity contribution is 0.600. The molecule has 1 aliphatic carbocycles. The molecule has 2 nitrogen and oxygen atoms in total. The average Bonchev–Trinajstić information content (AvgIpc) is 2.81. The van der Waals surface area contributed by atoms with Gasteiger partial charge in [-0.15, -0.1) is 11.3 Å². The van der Waals surface area contributed by atoms with Gasteiger partial charge in [0, 0.05) is 23.3 Å². The van der Waals surface area contributed by atoms with Crippen LogP contribution in [0.3, 0.4) is 0 Å². The van der Waals surface area contributed by atoms with Crippen molar-refractivity contribution >= 4 is 11.3 Å². The fraction of sp³-hybridized carbons (Fsp3) is 0.750. The van der Waals surface area contributed by atoms with Gasteiger partial charge in [-0.1, -0.05) is 0 Å². The first-order chi connectivity index (χ1) is 7.33. The zero-order valence-electron chi connectivity index (χ0n) is 9.25. The van der Waals surface area contributed by atoms with Crippen LogP contribution in [0.2, 0.25) is 0 Å². The van der Waals surface area contributed by atoms with Crippen molar-refractivity contribution in [2.75, 3.05) is 6.54 Å². The van der Waals surface area contributed by atoms with E-state index in [4.69, 9.17) is 4.98 Å². The Kier molecular flexibility index (Phi) is 2.53. The third-order valence-electron chi connectivity index (χ3n) is 3.42. The molecule has 1 atom stereocenters. The van der Waals surface area contributed by atoms with Gasteiger partial charge in [-0.2, -0.15) is 0 Å². The van der Waals surface area contributed by atoms with Gasteiger partial charge >= 0.3 is 0 Å². The van der Waals surface area contributed by atoms with Crippen molar-refractivity contribution in [3.05, 3.63) is 15.6 Å². The van der Waals surface area contributed by atoms with Crippen LogP contribution in [-0.2, 0) is 6.42 Å². The van der Waals surface area contributed by atoms with Gasteiger partial charge in [0.2, 0.25) is 0 Å². The van der Waals surface area contributed by atoms with Gasteiger partial charge in [-0.25, -0.2) is 4.98 Å². The molecular weight excluding hydrogens is 204 g/mol. The number of nitrogens with zero attached hydrogens (tertiary/aromatic N) is 1. The average molecular weight is 222 g/mol. The predicted molar refractivity (Wildman–Crippen MR) is 63.6 cm³/mol. The van der Waals surface area contributed by atoms with Crippen LogP contribution >= 0.6 is 11.3 Å². The summed E-state index contributed by atoms with van der Waals surface area (Å²) in [5.74, 6) is 0.812. The van der Waals surface area contributed by atoms with E-state index in [2.05, 4.69) is 12.2 Å². The van der Waals surface area contributed by atoms with E-state index < -0.39 is 0 Å². The van der Waals surface area contributed by atoms with Crippen LogP contribution < -0.4 is 5.32 Å². The molecule has 3 rings (SSSR count). The summed E-state index contributed by atoms with van der Waals surface area (Å²) in [4.78, 5) is 6.28. The second-order valence-electron chi connectivity index (χ2n) is 4.82. The summed E-state index contributed by atoms with van der Waals surface area (Å²) >= 11 is 1.92. The summed E-state index contributed by atoms with van der Waals surface area (Å²) in [7, 11) is 0. The highest BCUT2D eigenvalue weighted by molar-refractivity contribution is 7.11. The summed E-state index contributed by atoms with van der Waals surface area (Å²) in [5.41, 5.74) is 1.41. The minimum absolute atomic E-state index is 0.697. The molecule has 1 aromatic rings. The van der Waals surface area contributed by atoms with Gasteiger partial charge in [0.25, 0.3) is 0 Å². The van der Waals surface area contributed by atoms with Crippen LogP contribution in [0.25, 0.3) is 0 Å². The standard InChI is InChI=1S/C12H18N2S/c1-8-12(9-4-5-9)14-11(15-8)7-10-3-2-6-13-10/h9-10,13H,2-7H2,1H3. The number of hydrogen-bond donors (Lipinski definition) is 1. The maximum Gasteiger partial charge on any atom is 0.0946 e. The Labute approximate surface area is 95.1 Å². The number of hydrogen-bond acceptors (Lipinski definition) is 3. The molecule has 1 saturated heterocycles. The van der Waals surface area contributed by atoms with Crippen LogP contribution in [0.1, 0.15) is 47.2 Å². The topological polar surface area (TPSA) is 24.9 Å². The Morgan fingerprint density at radius 1 is 1.40 bits per heavy atom. The van der Waals surface area contributed by atoms with E-state index >= 15 is 0 Å². The SMILES string of the molecule is Cc1sc(CC2CCCN2)nc1C1CC1. The lowest BCUT2D eigenvalue weighted by atomic mass is 10.2. The summed E-state index contributed by atoms with van der Waals surface area (Å²) in [5, 5.41) is 4.90. The zero-order valence-corrected chi connectivity index (χ0v) is 10.1. The molecule has 2 heterocycles. The quantitative estimate of drug-likeness (QED) is 0.850. The molecular formula is C12H18N2S.